The van der Waals surface area contributed by atoms with Crippen molar-refractivity contribution < 1.29 is 21.1 Å². The van der Waals surface area contributed by atoms with Gasteiger partial charge in [0.15, 0.2) is 0 Å². The first-order chi connectivity index (χ1) is 4.00. The summed E-state index contributed by atoms with van der Waals surface area (Å²) in [7, 11) is 2.75. The molecule has 58 valence electrons. The van der Waals surface area contributed by atoms with Gasteiger partial charge in [-0.25, -0.2) is 0 Å². The SMILES string of the molecule is [CH-]1CCCCC1.[CH2-]N.[Pt+2]. The number of hydrogen-bond donors (Lipinski definition) is 1. The topological polar surface area (TPSA) is 26.0 Å². The monoisotopic (exact) mass is 308 g/mol. The predicted octanol–water partition coefficient (Wildman–Crippen LogP) is 1.89. The van der Waals surface area contributed by atoms with Crippen LogP contribution in [0.3, 0.4) is 0 Å². The quantitative estimate of drug-likeness (QED) is 0.680. The van der Waals surface area contributed by atoms with Gasteiger partial charge >= 0.3 is 21.1 Å². The maximum Gasteiger partial charge on any atom is 2.00 e. The number of rotatable bonds is 0. The van der Waals surface area contributed by atoms with E-state index in [0.29, 0.717) is 0 Å². The summed E-state index contributed by atoms with van der Waals surface area (Å²) in [5, 5.41) is 0. The fourth-order valence-electron chi connectivity index (χ4n) is 0.898. The van der Waals surface area contributed by atoms with Gasteiger partial charge in [-0.1, -0.05) is 19.3 Å². The second-order valence-electron chi connectivity index (χ2n) is 1.93. The number of hydrogen-bond acceptors (Lipinski definition) is 1. The summed E-state index contributed by atoms with van der Waals surface area (Å²) >= 11 is 0. The minimum absolute atomic E-state index is 0. The van der Waals surface area contributed by atoms with E-state index >= 15 is 0 Å². The van der Waals surface area contributed by atoms with Crippen LogP contribution in [0.5, 0.6) is 0 Å². The van der Waals surface area contributed by atoms with Crippen LogP contribution in [-0.2, 0) is 21.1 Å². The predicted molar refractivity (Wildman–Crippen MR) is 36.9 cm³/mol. The minimum atomic E-state index is 0. The average molecular weight is 308 g/mol. The van der Waals surface area contributed by atoms with Gasteiger partial charge in [0.05, 0.1) is 0 Å². The van der Waals surface area contributed by atoms with Gasteiger partial charge in [-0.2, -0.15) is 12.8 Å². The molecule has 0 bridgehead atoms. The van der Waals surface area contributed by atoms with Gasteiger partial charge in [0.1, 0.15) is 0 Å². The van der Waals surface area contributed by atoms with Crippen molar-refractivity contribution in [2.45, 2.75) is 32.1 Å². The van der Waals surface area contributed by atoms with Crippen molar-refractivity contribution in [3.05, 3.63) is 13.5 Å². The Morgan fingerprint density at radius 1 is 1.00 bits per heavy atom. The van der Waals surface area contributed by atoms with Crippen molar-refractivity contribution in [1.29, 1.82) is 0 Å². The zero-order valence-corrected chi connectivity index (χ0v) is 7.99. The fraction of sp³-hybridized carbons (Fsp3) is 0.714. The third kappa shape index (κ3) is 8.65. The van der Waals surface area contributed by atoms with Gasteiger partial charge < -0.3 is 12.2 Å². The third-order valence-corrected chi connectivity index (χ3v) is 1.32. The summed E-state index contributed by atoms with van der Waals surface area (Å²) in [4.78, 5) is 0. The Morgan fingerprint density at radius 2 is 1.44 bits per heavy atom. The molecular weight excluding hydrogens is 293 g/mol. The van der Waals surface area contributed by atoms with E-state index in [9.17, 15) is 0 Å². The first-order valence-corrected chi connectivity index (χ1v) is 3.22. The maximum absolute atomic E-state index is 4.25. The Bertz CT molecular complexity index is 24.4. The van der Waals surface area contributed by atoms with Crippen molar-refractivity contribution in [2.75, 3.05) is 0 Å². The molecule has 0 unspecified atom stereocenters. The fourth-order valence-corrected chi connectivity index (χ4v) is 0.898. The summed E-state index contributed by atoms with van der Waals surface area (Å²) in [6.45, 7) is 0. The molecule has 1 nitrogen and oxygen atoms in total. The van der Waals surface area contributed by atoms with Crippen LogP contribution in [0.4, 0.5) is 0 Å². The van der Waals surface area contributed by atoms with Crippen molar-refractivity contribution >= 4 is 0 Å². The van der Waals surface area contributed by atoms with Crippen molar-refractivity contribution in [3.63, 3.8) is 0 Å². The first kappa shape index (κ1) is 12.3. The van der Waals surface area contributed by atoms with E-state index in [4.69, 9.17) is 0 Å². The maximum atomic E-state index is 4.25. The van der Waals surface area contributed by atoms with E-state index in [-0.39, 0.29) is 21.1 Å². The molecule has 0 saturated heterocycles. The molecule has 0 radical (unpaired) electrons. The largest absolute Gasteiger partial charge is 2.00 e. The molecule has 9 heavy (non-hydrogen) atoms. The van der Waals surface area contributed by atoms with E-state index in [1.54, 1.807) is 0 Å². The van der Waals surface area contributed by atoms with Crippen LogP contribution in [-0.4, -0.2) is 0 Å². The molecule has 0 amide bonds. The normalized spacial score (nSPS) is 16.7. The molecule has 0 aromatic heterocycles. The van der Waals surface area contributed by atoms with Crippen molar-refractivity contribution in [3.8, 4) is 0 Å². The van der Waals surface area contributed by atoms with E-state index in [0.717, 1.165) is 0 Å². The van der Waals surface area contributed by atoms with Gasteiger partial charge in [-0.3, -0.25) is 7.05 Å². The second-order valence-corrected chi connectivity index (χ2v) is 1.93. The van der Waals surface area contributed by atoms with Crippen LogP contribution in [0.25, 0.3) is 0 Å². The molecule has 0 spiro atoms. The van der Waals surface area contributed by atoms with Crippen LogP contribution in [0.1, 0.15) is 32.1 Å². The summed E-state index contributed by atoms with van der Waals surface area (Å²) in [6.07, 6.45) is 9.50. The third-order valence-electron chi connectivity index (χ3n) is 1.32. The Kier molecular flexibility index (Phi) is 15.7. The smallest absolute Gasteiger partial charge is 0.486 e. The Morgan fingerprint density at radius 3 is 1.56 bits per heavy atom. The Labute approximate surface area is 72.7 Å². The average Bonchev–Trinajstić information content (AvgIpc) is 1.96. The van der Waals surface area contributed by atoms with Gasteiger partial charge in [0.25, 0.3) is 0 Å². The summed E-state index contributed by atoms with van der Waals surface area (Å²) in [5.41, 5.74) is 4.25. The minimum Gasteiger partial charge on any atom is -0.486 e. The molecule has 2 N–H and O–H groups in total. The molecule has 1 rings (SSSR count). The standard InChI is InChI=1S/C6H11.CH4N.Pt/c1-2-4-6-5-3-1;1-2;/h1H,2-6H2;1-2H2;/q2*-1;+2. The molecule has 2 heteroatoms. The second kappa shape index (κ2) is 11.4. The molecule has 1 fully saturated rings. The Hall–Kier alpha value is 0.648. The van der Waals surface area contributed by atoms with Gasteiger partial charge in [-0.15, -0.1) is 0 Å². The molecular formula is C7H15NPt. The van der Waals surface area contributed by atoms with Gasteiger partial charge in [0, 0.05) is 0 Å². The molecule has 0 aromatic carbocycles. The molecule has 1 aliphatic carbocycles. The summed E-state index contributed by atoms with van der Waals surface area (Å²) < 4.78 is 0. The van der Waals surface area contributed by atoms with E-state index < -0.39 is 0 Å². The van der Waals surface area contributed by atoms with E-state index in [2.05, 4.69) is 19.2 Å². The van der Waals surface area contributed by atoms with Gasteiger partial charge in [-0.05, 0) is 0 Å². The van der Waals surface area contributed by atoms with Gasteiger partial charge in [0.2, 0.25) is 0 Å². The summed E-state index contributed by atoms with van der Waals surface area (Å²) in [5.74, 6) is 0. The Balaban J connectivity index is 0. The number of nitrogens with two attached hydrogens (primary N) is 1. The van der Waals surface area contributed by atoms with Crippen LogP contribution >= 0.6 is 0 Å². The molecule has 1 aliphatic rings. The molecule has 0 aliphatic heterocycles. The van der Waals surface area contributed by atoms with Crippen LogP contribution in [0, 0.1) is 13.5 Å². The van der Waals surface area contributed by atoms with Crippen LogP contribution in [0.15, 0.2) is 0 Å². The van der Waals surface area contributed by atoms with E-state index in [1.807, 2.05) is 0 Å². The molecule has 0 atom stereocenters. The zero-order valence-electron chi connectivity index (χ0n) is 5.71. The first-order valence-electron chi connectivity index (χ1n) is 3.22. The zero-order chi connectivity index (χ0) is 6.24. The van der Waals surface area contributed by atoms with Crippen molar-refractivity contribution in [2.24, 2.45) is 5.73 Å². The van der Waals surface area contributed by atoms with E-state index in [1.165, 1.54) is 32.1 Å². The summed E-state index contributed by atoms with van der Waals surface area (Å²) in [6, 6.07) is 0. The molecule has 1 saturated carbocycles. The van der Waals surface area contributed by atoms with Crippen molar-refractivity contribution in [1.82, 2.24) is 0 Å². The van der Waals surface area contributed by atoms with Crippen LogP contribution in [0.2, 0.25) is 0 Å². The molecule has 0 heterocycles. The van der Waals surface area contributed by atoms with Crippen LogP contribution < -0.4 is 5.73 Å². The molecule has 0 aromatic rings.